The van der Waals surface area contributed by atoms with Gasteiger partial charge in [-0.25, -0.2) is 0 Å². The quantitative estimate of drug-likeness (QED) is 0.467. The van der Waals surface area contributed by atoms with Crippen LogP contribution in [0.5, 0.6) is 11.5 Å². The van der Waals surface area contributed by atoms with Crippen LogP contribution in [0.2, 0.25) is 0 Å². The van der Waals surface area contributed by atoms with Gasteiger partial charge < -0.3 is 19.9 Å². The molecule has 0 aliphatic heterocycles. The standard InChI is InChI=1S/C18H19NO4/c1-22-15-7-3-13(4-8-15)17(11-19-12-20)18(21)14-5-9-16(23-2)10-6-14/h3-11,19-20H,12H2,1-2H3/b17-11-. The van der Waals surface area contributed by atoms with Crippen molar-refractivity contribution in [1.29, 1.82) is 0 Å². The van der Waals surface area contributed by atoms with Gasteiger partial charge in [-0.3, -0.25) is 4.79 Å². The van der Waals surface area contributed by atoms with E-state index in [9.17, 15) is 4.79 Å². The number of carbonyl (C=O) groups excluding carboxylic acids is 1. The monoisotopic (exact) mass is 313 g/mol. The molecule has 0 saturated carbocycles. The van der Waals surface area contributed by atoms with Crippen molar-refractivity contribution < 1.29 is 19.4 Å². The number of carbonyl (C=O) groups is 1. The van der Waals surface area contributed by atoms with Gasteiger partial charge in [0, 0.05) is 17.3 Å². The van der Waals surface area contributed by atoms with Crippen LogP contribution in [0, 0.1) is 0 Å². The number of aliphatic hydroxyl groups excluding tert-OH is 1. The summed E-state index contributed by atoms with van der Waals surface area (Å²) in [6.07, 6.45) is 1.51. The Kier molecular flexibility index (Phi) is 5.77. The van der Waals surface area contributed by atoms with E-state index in [-0.39, 0.29) is 12.5 Å². The van der Waals surface area contributed by atoms with Gasteiger partial charge in [-0.15, -0.1) is 0 Å². The summed E-state index contributed by atoms with van der Waals surface area (Å²) in [6, 6.07) is 14.0. The highest BCUT2D eigenvalue weighted by atomic mass is 16.5. The molecule has 0 spiro atoms. The Bertz CT molecular complexity index is 675. The minimum atomic E-state index is -0.254. The molecule has 2 aromatic rings. The molecule has 0 aliphatic rings. The van der Waals surface area contributed by atoms with Crippen molar-refractivity contribution in [3.05, 3.63) is 65.9 Å². The maximum absolute atomic E-state index is 12.7. The Hall–Kier alpha value is -2.79. The lowest BCUT2D eigenvalue weighted by atomic mass is 9.97. The van der Waals surface area contributed by atoms with Gasteiger partial charge in [0.15, 0.2) is 5.78 Å². The van der Waals surface area contributed by atoms with Crippen molar-refractivity contribution >= 4 is 11.4 Å². The second kappa shape index (κ2) is 8.00. The van der Waals surface area contributed by atoms with Crippen LogP contribution in [0.4, 0.5) is 0 Å². The molecule has 2 N–H and O–H groups in total. The molecule has 0 aliphatic carbocycles. The van der Waals surface area contributed by atoms with E-state index in [4.69, 9.17) is 14.6 Å². The predicted octanol–water partition coefficient (Wildman–Crippen LogP) is 2.47. The van der Waals surface area contributed by atoms with Crippen LogP contribution in [-0.2, 0) is 0 Å². The molecule has 5 nitrogen and oxygen atoms in total. The third kappa shape index (κ3) is 4.11. The number of rotatable bonds is 7. The molecular weight excluding hydrogens is 294 g/mol. The lowest BCUT2D eigenvalue weighted by molar-refractivity contribution is 0.105. The summed E-state index contributed by atoms with van der Waals surface area (Å²) in [5, 5.41) is 11.6. The maximum Gasteiger partial charge on any atom is 0.195 e. The van der Waals surface area contributed by atoms with Crippen molar-refractivity contribution in [3.8, 4) is 11.5 Å². The molecule has 0 fully saturated rings. The minimum Gasteiger partial charge on any atom is -0.497 e. The van der Waals surface area contributed by atoms with E-state index >= 15 is 0 Å². The minimum absolute atomic E-state index is 0.154. The SMILES string of the molecule is COc1ccc(C(=O)/C(=C\NCO)c2ccc(OC)cc2)cc1. The summed E-state index contributed by atoms with van der Waals surface area (Å²) in [5.74, 6) is 1.24. The van der Waals surface area contributed by atoms with Crippen LogP contribution in [-0.4, -0.2) is 31.8 Å². The van der Waals surface area contributed by atoms with Crippen LogP contribution in [0.3, 0.4) is 0 Å². The van der Waals surface area contributed by atoms with Gasteiger partial charge >= 0.3 is 0 Å². The molecule has 0 saturated heterocycles. The summed E-state index contributed by atoms with van der Waals surface area (Å²) in [6.45, 7) is -0.254. The number of ketones is 1. The van der Waals surface area contributed by atoms with E-state index in [1.807, 2.05) is 0 Å². The molecule has 0 heterocycles. The number of allylic oxidation sites excluding steroid dienone is 1. The highest BCUT2D eigenvalue weighted by Crippen LogP contribution is 2.23. The number of methoxy groups -OCH3 is 2. The Morgan fingerprint density at radius 3 is 1.87 bits per heavy atom. The van der Waals surface area contributed by atoms with E-state index in [1.54, 1.807) is 62.8 Å². The fraction of sp³-hybridized carbons (Fsp3) is 0.167. The third-order valence-electron chi connectivity index (χ3n) is 3.34. The second-order valence-electron chi connectivity index (χ2n) is 4.71. The third-order valence-corrected chi connectivity index (χ3v) is 3.34. The number of Topliss-reactive ketones (excluding diaryl/α,β-unsaturated/α-hetero) is 1. The molecule has 5 heteroatoms. The molecule has 0 aromatic heterocycles. The molecule has 0 unspecified atom stereocenters. The molecular formula is C18H19NO4. The number of hydrogen-bond acceptors (Lipinski definition) is 5. The van der Waals surface area contributed by atoms with Crippen molar-refractivity contribution in [3.63, 3.8) is 0 Å². The van der Waals surface area contributed by atoms with Gasteiger partial charge in [0.05, 0.1) is 14.2 Å². The Balaban J connectivity index is 2.34. The van der Waals surface area contributed by atoms with Crippen molar-refractivity contribution in [2.45, 2.75) is 0 Å². The van der Waals surface area contributed by atoms with E-state index in [1.165, 1.54) is 6.20 Å². The van der Waals surface area contributed by atoms with Crippen LogP contribution in [0.1, 0.15) is 15.9 Å². The lowest BCUT2D eigenvalue weighted by Gasteiger charge is -2.09. The average molecular weight is 313 g/mol. The average Bonchev–Trinajstić information content (AvgIpc) is 2.62. The molecule has 0 atom stereocenters. The van der Waals surface area contributed by atoms with Gasteiger partial charge in [-0.05, 0) is 42.0 Å². The van der Waals surface area contributed by atoms with E-state index in [2.05, 4.69) is 5.32 Å². The van der Waals surface area contributed by atoms with E-state index in [0.717, 1.165) is 5.56 Å². The first kappa shape index (κ1) is 16.6. The number of hydrogen-bond donors (Lipinski definition) is 2. The highest BCUT2D eigenvalue weighted by Gasteiger charge is 2.14. The molecule has 2 aromatic carbocycles. The normalized spacial score (nSPS) is 11.0. The fourth-order valence-corrected chi connectivity index (χ4v) is 2.10. The van der Waals surface area contributed by atoms with E-state index in [0.29, 0.717) is 22.6 Å². The summed E-state index contributed by atoms with van der Waals surface area (Å²) in [5.41, 5.74) is 1.71. The van der Waals surface area contributed by atoms with Gasteiger partial charge in [-0.1, -0.05) is 12.1 Å². The second-order valence-corrected chi connectivity index (χ2v) is 4.71. The molecule has 0 bridgehead atoms. The number of benzene rings is 2. The molecule has 0 amide bonds. The van der Waals surface area contributed by atoms with Crippen LogP contribution < -0.4 is 14.8 Å². The Morgan fingerprint density at radius 2 is 1.43 bits per heavy atom. The smallest absolute Gasteiger partial charge is 0.195 e. The van der Waals surface area contributed by atoms with Gasteiger partial charge in [0.1, 0.15) is 18.2 Å². The Morgan fingerprint density at radius 1 is 0.957 bits per heavy atom. The van der Waals surface area contributed by atoms with Crippen molar-refractivity contribution in [2.24, 2.45) is 0 Å². The summed E-state index contributed by atoms with van der Waals surface area (Å²) in [4.78, 5) is 12.7. The number of ether oxygens (including phenoxy) is 2. The van der Waals surface area contributed by atoms with Crippen molar-refractivity contribution in [1.82, 2.24) is 5.32 Å². The topological polar surface area (TPSA) is 67.8 Å². The van der Waals surface area contributed by atoms with Gasteiger partial charge in [-0.2, -0.15) is 0 Å². The molecule has 120 valence electrons. The highest BCUT2D eigenvalue weighted by molar-refractivity contribution is 6.28. The molecule has 23 heavy (non-hydrogen) atoms. The summed E-state index contributed by atoms with van der Waals surface area (Å²) in [7, 11) is 3.16. The number of aliphatic hydroxyl groups is 1. The van der Waals surface area contributed by atoms with Crippen molar-refractivity contribution in [2.75, 3.05) is 21.0 Å². The van der Waals surface area contributed by atoms with Crippen LogP contribution >= 0.6 is 0 Å². The fourth-order valence-electron chi connectivity index (χ4n) is 2.10. The first-order chi connectivity index (χ1) is 11.2. The molecule has 2 rings (SSSR count). The van der Waals surface area contributed by atoms with Gasteiger partial charge in [0.25, 0.3) is 0 Å². The van der Waals surface area contributed by atoms with E-state index < -0.39 is 0 Å². The zero-order chi connectivity index (χ0) is 16.7. The predicted molar refractivity (Wildman–Crippen MR) is 88.5 cm³/mol. The van der Waals surface area contributed by atoms with Crippen LogP contribution in [0.25, 0.3) is 5.57 Å². The van der Waals surface area contributed by atoms with Crippen LogP contribution in [0.15, 0.2) is 54.7 Å². The van der Waals surface area contributed by atoms with Gasteiger partial charge in [0.2, 0.25) is 0 Å². The number of nitrogens with one attached hydrogen (secondary N) is 1. The zero-order valence-electron chi connectivity index (χ0n) is 13.1. The maximum atomic E-state index is 12.7. The zero-order valence-corrected chi connectivity index (χ0v) is 13.1. The lowest BCUT2D eigenvalue weighted by Crippen LogP contribution is -2.11. The Labute approximate surface area is 135 Å². The summed E-state index contributed by atoms with van der Waals surface area (Å²) < 4.78 is 10.2. The summed E-state index contributed by atoms with van der Waals surface area (Å²) >= 11 is 0. The largest absolute Gasteiger partial charge is 0.497 e. The first-order valence-corrected chi connectivity index (χ1v) is 7.07. The first-order valence-electron chi connectivity index (χ1n) is 7.07. The molecule has 0 radical (unpaired) electrons.